The maximum atomic E-state index is 10.5. The van der Waals surface area contributed by atoms with Gasteiger partial charge in [-0.05, 0) is 25.8 Å². The van der Waals surface area contributed by atoms with Gasteiger partial charge in [0.05, 0.1) is 6.10 Å². The smallest absolute Gasteiger partial charge is 0.335 e. The molecular formula is C15H27NO7. The van der Waals surface area contributed by atoms with Crippen LogP contribution in [0.3, 0.4) is 0 Å². The van der Waals surface area contributed by atoms with E-state index in [0.717, 1.165) is 12.0 Å². The molecule has 2 fully saturated rings. The van der Waals surface area contributed by atoms with Crippen molar-refractivity contribution in [2.45, 2.75) is 69.7 Å². The third-order valence-corrected chi connectivity index (χ3v) is 4.37. The molecule has 1 heterocycles. The molecule has 8 heteroatoms. The van der Waals surface area contributed by atoms with E-state index >= 15 is 0 Å². The average molecular weight is 333 g/mol. The Morgan fingerprint density at radius 2 is 1.96 bits per heavy atom. The van der Waals surface area contributed by atoms with E-state index in [-0.39, 0.29) is 12.9 Å². The number of carboxylic acids is 1. The quantitative estimate of drug-likeness (QED) is 0.524. The van der Waals surface area contributed by atoms with Crippen LogP contribution in [0.5, 0.6) is 0 Å². The Labute approximate surface area is 135 Å². The topological polar surface area (TPSA) is 125 Å². The molecule has 2 aliphatic rings. The summed E-state index contributed by atoms with van der Waals surface area (Å²) < 4.78 is 9.05. The number of aliphatic hydroxyl groups is 2. The lowest BCUT2D eigenvalue weighted by Crippen LogP contribution is -2.52. The minimum atomic E-state index is -1.58. The van der Waals surface area contributed by atoms with Crippen molar-refractivity contribution < 1.29 is 34.4 Å². The number of hydrogen-bond donors (Lipinski definition) is 4. The summed E-state index contributed by atoms with van der Waals surface area (Å²) in [5.41, 5.74) is 0. The Kier molecular flexibility index (Phi) is 8.46. The van der Waals surface area contributed by atoms with Gasteiger partial charge in [0.2, 0.25) is 6.29 Å². The van der Waals surface area contributed by atoms with Crippen molar-refractivity contribution in [1.82, 2.24) is 5.32 Å². The first kappa shape index (κ1) is 19.8. The highest BCUT2D eigenvalue weighted by atomic mass is 16.7. The lowest BCUT2D eigenvalue weighted by Gasteiger charge is -2.33. The molecule has 1 aliphatic heterocycles. The average Bonchev–Trinajstić information content (AvgIpc) is 2.52. The number of ether oxygens (including phenoxy) is 2. The van der Waals surface area contributed by atoms with Crippen LogP contribution >= 0.6 is 0 Å². The summed E-state index contributed by atoms with van der Waals surface area (Å²) in [6.07, 6.45) is 0.0201. The predicted octanol–water partition coefficient (Wildman–Crippen LogP) is -0.135. The highest BCUT2D eigenvalue weighted by molar-refractivity contribution is 5.73. The SMILES string of the molecule is CNC1CCCCC1C.O=CO[C@@H]1CC(O)[C@H](O)C(C(=O)O)O1. The molecule has 0 aromatic carbocycles. The molecule has 4 unspecified atom stereocenters. The summed E-state index contributed by atoms with van der Waals surface area (Å²) in [4.78, 5) is 20.5. The summed E-state index contributed by atoms with van der Waals surface area (Å²) in [5, 5.41) is 30.3. The molecule has 0 spiro atoms. The number of carbonyl (C=O) groups is 2. The van der Waals surface area contributed by atoms with Gasteiger partial charge in [0, 0.05) is 12.5 Å². The molecule has 134 valence electrons. The Balaban J connectivity index is 0.000000253. The molecule has 0 amide bonds. The van der Waals surface area contributed by atoms with Gasteiger partial charge in [0.25, 0.3) is 6.47 Å². The second-order valence-corrected chi connectivity index (χ2v) is 6.01. The van der Waals surface area contributed by atoms with E-state index in [4.69, 9.17) is 9.84 Å². The molecule has 4 N–H and O–H groups in total. The van der Waals surface area contributed by atoms with Crippen LogP contribution in [0.25, 0.3) is 0 Å². The number of aliphatic carboxylic acids is 1. The zero-order valence-electron chi connectivity index (χ0n) is 13.6. The normalized spacial score (nSPS) is 37.2. The van der Waals surface area contributed by atoms with Crippen LogP contribution < -0.4 is 5.32 Å². The molecule has 8 nitrogen and oxygen atoms in total. The van der Waals surface area contributed by atoms with Gasteiger partial charge in [0.15, 0.2) is 6.10 Å². The minimum absolute atomic E-state index is 0.0913. The van der Waals surface area contributed by atoms with Gasteiger partial charge in [-0.15, -0.1) is 0 Å². The van der Waals surface area contributed by atoms with Crippen LogP contribution in [-0.2, 0) is 19.1 Å². The van der Waals surface area contributed by atoms with E-state index < -0.39 is 30.6 Å². The van der Waals surface area contributed by atoms with E-state index in [0.29, 0.717) is 0 Å². The third kappa shape index (κ3) is 6.06. The standard InChI is InChI=1S/C8H17N.C7H10O7/c1-7-5-3-4-6-8(7)9-2;8-2-13-4-1-3(9)5(10)6(14-4)7(11)12/h7-9H,3-6H2,1-2H3;2-6,9-10H,1H2,(H,11,12)/t;3?,4-,5-,6?/m.0/s1. The Morgan fingerprint density at radius 1 is 1.30 bits per heavy atom. The number of carbonyl (C=O) groups excluding carboxylic acids is 1. The van der Waals surface area contributed by atoms with Gasteiger partial charge < -0.3 is 30.1 Å². The fraction of sp³-hybridized carbons (Fsp3) is 0.867. The Morgan fingerprint density at radius 3 is 2.43 bits per heavy atom. The molecule has 0 bridgehead atoms. The summed E-state index contributed by atoms with van der Waals surface area (Å²) in [7, 11) is 2.08. The minimum Gasteiger partial charge on any atom is -0.479 e. The van der Waals surface area contributed by atoms with E-state index in [9.17, 15) is 19.8 Å². The molecule has 6 atom stereocenters. The molecular weight excluding hydrogens is 306 g/mol. The first-order valence-electron chi connectivity index (χ1n) is 7.91. The van der Waals surface area contributed by atoms with E-state index in [1.54, 1.807) is 0 Å². The fourth-order valence-corrected chi connectivity index (χ4v) is 2.94. The van der Waals surface area contributed by atoms with Crippen molar-refractivity contribution in [3.05, 3.63) is 0 Å². The zero-order valence-corrected chi connectivity index (χ0v) is 13.6. The van der Waals surface area contributed by atoms with Crippen LogP contribution in [0.15, 0.2) is 0 Å². The summed E-state index contributed by atoms with van der Waals surface area (Å²) in [5.74, 6) is -0.514. The van der Waals surface area contributed by atoms with Crippen LogP contribution in [-0.4, -0.2) is 65.5 Å². The molecule has 1 saturated heterocycles. The van der Waals surface area contributed by atoms with E-state index in [2.05, 4.69) is 24.0 Å². The molecule has 1 saturated carbocycles. The maximum Gasteiger partial charge on any atom is 0.335 e. The van der Waals surface area contributed by atoms with Crippen molar-refractivity contribution in [3.63, 3.8) is 0 Å². The van der Waals surface area contributed by atoms with Crippen LogP contribution in [0, 0.1) is 5.92 Å². The van der Waals surface area contributed by atoms with Crippen molar-refractivity contribution in [3.8, 4) is 0 Å². The molecule has 2 rings (SSSR count). The molecule has 0 radical (unpaired) electrons. The van der Waals surface area contributed by atoms with Crippen molar-refractivity contribution in [2.75, 3.05) is 7.05 Å². The largest absolute Gasteiger partial charge is 0.479 e. The molecule has 1 aliphatic carbocycles. The zero-order chi connectivity index (χ0) is 17.4. The maximum absolute atomic E-state index is 10.5. The summed E-state index contributed by atoms with van der Waals surface area (Å²) in [6.45, 7) is 2.44. The van der Waals surface area contributed by atoms with Gasteiger partial charge in [-0.1, -0.05) is 19.8 Å². The number of rotatable bonds is 4. The van der Waals surface area contributed by atoms with E-state index in [1.165, 1.54) is 25.7 Å². The van der Waals surface area contributed by atoms with Crippen molar-refractivity contribution >= 4 is 12.4 Å². The van der Waals surface area contributed by atoms with Crippen molar-refractivity contribution in [1.29, 1.82) is 0 Å². The molecule has 0 aromatic heterocycles. The van der Waals surface area contributed by atoms with Crippen LogP contribution in [0.1, 0.15) is 39.0 Å². The first-order chi connectivity index (χ1) is 10.9. The highest BCUT2D eigenvalue weighted by Crippen LogP contribution is 2.23. The number of hydrogen-bond acceptors (Lipinski definition) is 7. The van der Waals surface area contributed by atoms with E-state index in [1.807, 2.05) is 0 Å². The number of aliphatic hydroxyl groups excluding tert-OH is 2. The highest BCUT2D eigenvalue weighted by Gasteiger charge is 2.41. The van der Waals surface area contributed by atoms with Crippen LogP contribution in [0.4, 0.5) is 0 Å². The molecule has 0 aromatic rings. The van der Waals surface area contributed by atoms with Gasteiger partial charge in [-0.2, -0.15) is 0 Å². The van der Waals surface area contributed by atoms with Gasteiger partial charge in [-0.3, -0.25) is 4.79 Å². The summed E-state index contributed by atoms with van der Waals surface area (Å²) in [6, 6.07) is 0.804. The lowest BCUT2D eigenvalue weighted by molar-refractivity contribution is -0.242. The van der Waals surface area contributed by atoms with Gasteiger partial charge in [0.1, 0.15) is 6.10 Å². The van der Waals surface area contributed by atoms with Crippen molar-refractivity contribution in [2.24, 2.45) is 5.92 Å². The van der Waals surface area contributed by atoms with Gasteiger partial charge in [-0.25, -0.2) is 4.79 Å². The Hall–Kier alpha value is -1.22. The second-order valence-electron chi connectivity index (χ2n) is 6.01. The predicted molar refractivity (Wildman–Crippen MR) is 80.6 cm³/mol. The van der Waals surface area contributed by atoms with Crippen LogP contribution in [0.2, 0.25) is 0 Å². The molecule has 23 heavy (non-hydrogen) atoms. The monoisotopic (exact) mass is 333 g/mol. The number of carboxylic acid groups (broad SMARTS) is 1. The Bertz CT molecular complexity index is 379. The fourth-order valence-electron chi connectivity index (χ4n) is 2.94. The second kappa shape index (κ2) is 9.82. The number of nitrogens with one attached hydrogen (secondary N) is 1. The summed E-state index contributed by atoms with van der Waals surface area (Å²) >= 11 is 0. The lowest BCUT2D eigenvalue weighted by atomic mass is 9.86. The first-order valence-corrected chi connectivity index (χ1v) is 7.91. The van der Waals surface area contributed by atoms with Gasteiger partial charge >= 0.3 is 5.97 Å². The third-order valence-electron chi connectivity index (χ3n) is 4.37.